The number of fused-ring (bicyclic) bond motifs is 1. The molecule has 10 heteroatoms. The quantitative estimate of drug-likeness (QED) is 0.506. The lowest BCUT2D eigenvalue weighted by Crippen LogP contribution is -2.40. The van der Waals surface area contributed by atoms with Crippen molar-refractivity contribution in [2.24, 2.45) is 0 Å². The summed E-state index contributed by atoms with van der Waals surface area (Å²) in [6, 6.07) is 4.07. The van der Waals surface area contributed by atoms with Crippen LogP contribution in [0, 0.1) is 11.3 Å². The van der Waals surface area contributed by atoms with E-state index in [4.69, 9.17) is 4.74 Å². The van der Waals surface area contributed by atoms with E-state index >= 15 is 0 Å². The number of halogens is 2. The topological polar surface area (TPSA) is 106 Å². The summed E-state index contributed by atoms with van der Waals surface area (Å²) < 4.78 is 6.79. The highest BCUT2D eigenvalue weighted by molar-refractivity contribution is 9.13. The number of benzene rings is 1. The minimum atomic E-state index is -0.518. The summed E-state index contributed by atoms with van der Waals surface area (Å²) >= 11 is 6.86. The molecule has 2 aliphatic heterocycles. The first-order valence-electron chi connectivity index (χ1n) is 10.4. The molecule has 0 radical (unpaired) electrons. The zero-order valence-corrected chi connectivity index (χ0v) is 21.2. The number of nitrogens with zero attached hydrogens (tertiary/aromatic N) is 3. The van der Waals surface area contributed by atoms with Crippen molar-refractivity contribution in [2.45, 2.75) is 51.7 Å². The van der Waals surface area contributed by atoms with Crippen LogP contribution in [-0.4, -0.2) is 53.9 Å². The molecule has 0 spiro atoms. The molecule has 2 aliphatic rings. The average Bonchev–Trinajstić information content (AvgIpc) is 3.43. The fraction of sp³-hybridized carbons (Fsp3) is 0.571. The molecule has 1 aromatic carbocycles. The van der Waals surface area contributed by atoms with Crippen LogP contribution in [-0.2, 0) is 4.74 Å². The number of alkyl carbamates (subject to hydrolysis) is 1. The number of carbonyl (C=O) groups excluding carboxylic acids is 1. The van der Waals surface area contributed by atoms with E-state index < -0.39 is 11.7 Å². The van der Waals surface area contributed by atoms with Crippen LogP contribution in [0.5, 0.6) is 0 Å². The molecule has 0 bridgehead atoms. The predicted molar refractivity (Wildman–Crippen MR) is 128 cm³/mol. The second-order valence-electron chi connectivity index (χ2n) is 8.65. The number of amides is 1. The van der Waals surface area contributed by atoms with E-state index in [0.717, 1.165) is 23.0 Å². The van der Waals surface area contributed by atoms with E-state index in [1.807, 2.05) is 26.8 Å². The van der Waals surface area contributed by atoms with Crippen LogP contribution in [0.4, 0.5) is 10.7 Å². The Morgan fingerprint density at radius 3 is 2.65 bits per heavy atom. The van der Waals surface area contributed by atoms with Gasteiger partial charge in [0.25, 0.3) is 0 Å². The van der Waals surface area contributed by atoms with Gasteiger partial charge in [0, 0.05) is 17.6 Å². The Kier molecular flexibility index (Phi) is 7.83. The van der Waals surface area contributed by atoms with E-state index in [1.165, 1.54) is 25.9 Å². The largest absolute Gasteiger partial charge is 0.444 e. The molecule has 1 atom stereocenters. The van der Waals surface area contributed by atoms with Crippen LogP contribution < -0.4 is 15.5 Å². The van der Waals surface area contributed by atoms with Gasteiger partial charge >= 0.3 is 6.09 Å². The molecule has 1 unspecified atom stereocenters. The average molecular weight is 556 g/mol. The molecule has 8 nitrogen and oxygen atoms in total. The van der Waals surface area contributed by atoms with Gasteiger partial charge < -0.3 is 25.3 Å². The molecular weight excluding hydrogens is 528 g/mol. The lowest BCUT2D eigenvalue weighted by atomic mass is 10.2. The zero-order valence-electron chi connectivity index (χ0n) is 18.0. The van der Waals surface area contributed by atoms with E-state index in [1.54, 1.807) is 0 Å². The predicted octanol–water partition coefficient (Wildman–Crippen LogP) is 4.43. The monoisotopic (exact) mass is 554 g/mol. The third-order valence-electron chi connectivity index (χ3n) is 4.93. The molecule has 3 N–H and O–H groups in total. The molecule has 31 heavy (non-hydrogen) atoms. The molecular formula is C21H28Br2N6O2. The number of imidazole rings is 1. The van der Waals surface area contributed by atoms with E-state index in [9.17, 15) is 10.1 Å². The number of anilines is 1. The Morgan fingerprint density at radius 2 is 2.06 bits per heavy atom. The highest BCUT2D eigenvalue weighted by Crippen LogP contribution is 2.33. The van der Waals surface area contributed by atoms with Crippen LogP contribution in [0.15, 0.2) is 15.0 Å². The summed E-state index contributed by atoms with van der Waals surface area (Å²) in [6.45, 7) is 9.40. The molecule has 2 saturated heterocycles. The standard InChI is InChI=1S/C17H19Br2N5O2.C4H9N/c1-17(2,3)26-16(25)21-9-4-5-24(8-9)15-22-12-6-11(18)13(19)10(7-20)14(12)23-15;1-2-4-5-3-1/h6,9H,4-5,8H2,1-3H3,(H,21,25)(H,22,23);5H,1-4H2. The lowest BCUT2D eigenvalue weighted by molar-refractivity contribution is 0.0509. The molecule has 0 saturated carbocycles. The van der Waals surface area contributed by atoms with Gasteiger partial charge in [-0.3, -0.25) is 0 Å². The number of nitrogens with one attached hydrogen (secondary N) is 3. The Morgan fingerprint density at radius 1 is 1.35 bits per heavy atom. The number of hydrogen-bond donors (Lipinski definition) is 3. The highest BCUT2D eigenvalue weighted by Gasteiger charge is 2.28. The lowest BCUT2D eigenvalue weighted by Gasteiger charge is -2.22. The van der Waals surface area contributed by atoms with Gasteiger partial charge in [0.1, 0.15) is 17.2 Å². The summed E-state index contributed by atoms with van der Waals surface area (Å²) in [5, 5.41) is 15.5. The molecule has 1 amide bonds. The van der Waals surface area contributed by atoms with Crippen molar-refractivity contribution in [1.82, 2.24) is 20.6 Å². The smallest absolute Gasteiger partial charge is 0.407 e. The number of H-pyrrole nitrogens is 1. The first-order valence-corrected chi connectivity index (χ1v) is 12.0. The van der Waals surface area contributed by atoms with Gasteiger partial charge in [-0.25, -0.2) is 9.78 Å². The Bertz CT molecular complexity index is 967. The van der Waals surface area contributed by atoms with Crippen molar-refractivity contribution in [2.75, 3.05) is 31.1 Å². The van der Waals surface area contributed by atoms with Crippen molar-refractivity contribution in [3.63, 3.8) is 0 Å². The maximum absolute atomic E-state index is 11.9. The van der Waals surface area contributed by atoms with Crippen molar-refractivity contribution in [3.05, 3.63) is 20.6 Å². The summed E-state index contributed by atoms with van der Waals surface area (Å²) in [6.07, 6.45) is 3.17. The normalized spacial score (nSPS) is 18.5. The molecule has 0 aliphatic carbocycles. The molecule has 1 aromatic heterocycles. The number of ether oxygens (including phenoxy) is 1. The molecule has 168 valence electrons. The van der Waals surface area contributed by atoms with Gasteiger partial charge in [-0.1, -0.05) is 0 Å². The molecule has 2 fully saturated rings. The maximum Gasteiger partial charge on any atom is 0.407 e. The summed E-state index contributed by atoms with van der Waals surface area (Å²) in [4.78, 5) is 21.9. The highest BCUT2D eigenvalue weighted by atomic mass is 79.9. The Hall–Kier alpha value is -1.83. The molecule has 4 rings (SSSR count). The van der Waals surface area contributed by atoms with Gasteiger partial charge in [-0.15, -0.1) is 0 Å². The summed E-state index contributed by atoms with van der Waals surface area (Å²) in [7, 11) is 0. The van der Waals surface area contributed by atoms with E-state index in [2.05, 4.69) is 63.4 Å². The van der Waals surface area contributed by atoms with E-state index in [0.29, 0.717) is 28.0 Å². The molecule has 2 aromatic rings. The van der Waals surface area contributed by atoms with Gasteiger partial charge in [0.15, 0.2) is 0 Å². The number of aromatic amines is 1. The van der Waals surface area contributed by atoms with Crippen molar-refractivity contribution >= 4 is 54.9 Å². The van der Waals surface area contributed by atoms with Gasteiger partial charge in [-0.2, -0.15) is 5.26 Å². The van der Waals surface area contributed by atoms with Gasteiger partial charge in [0.2, 0.25) is 5.95 Å². The number of aromatic nitrogens is 2. The zero-order chi connectivity index (χ0) is 22.6. The summed E-state index contributed by atoms with van der Waals surface area (Å²) in [5.41, 5.74) is 1.38. The fourth-order valence-corrected chi connectivity index (χ4v) is 4.32. The SMILES string of the molecule is C1CCNC1.CC(C)(C)OC(=O)NC1CCN(c2nc3c(C#N)c(Br)c(Br)cc3[nH]2)C1. The van der Waals surface area contributed by atoms with E-state index in [-0.39, 0.29) is 6.04 Å². The number of rotatable bonds is 2. The second-order valence-corrected chi connectivity index (χ2v) is 10.3. The molecule has 3 heterocycles. The Balaban J connectivity index is 0.000000478. The maximum atomic E-state index is 11.9. The van der Waals surface area contributed by atoms with Crippen LogP contribution in [0.1, 0.15) is 45.6 Å². The van der Waals surface area contributed by atoms with Crippen LogP contribution >= 0.6 is 31.9 Å². The minimum Gasteiger partial charge on any atom is -0.444 e. The third kappa shape index (κ3) is 6.34. The summed E-state index contributed by atoms with van der Waals surface area (Å²) in [5.74, 6) is 0.690. The number of carbonyl (C=O) groups is 1. The minimum absolute atomic E-state index is 0.00743. The number of hydrogen-bond acceptors (Lipinski definition) is 6. The second kappa shape index (κ2) is 10.2. The van der Waals surface area contributed by atoms with Gasteiger partial charge in [-0.05, 0) is 91.0 Å². The van der Waals surface area contributed by atoms with Crippen molar-refractivity contribution < 1.29 is 9.53 Å². The van der Waals surface area contributed by atoms with Crippen LogP contribution in [0.2, 0.25) is 0 Å². The fourth-order valence-electron chi connectivity index (χ4n) is 3.50. The Labute approximate surface area is 199 Å². The van der Waals surface area contributed by atoms with Crippen LogP contribution in [0.25, 0.3) is 11.0 Å². The third-order valence-corrected chi connectivity index (χ3v) is 6.92. The first kappa shape index (κ1) is 23.8. The number of nitriles is 1. The van der Waals surface area contributed by atoms with Crippen molar-refractivity contribution in [1.29, 1.82) is 5.26 Å². The van der Waals surface area contributed by atoms with Gasteiger partial charge in [0.05, 0.1) is 21.6 Å². The first-order chi connectivity index (χ1) is 14.7. The van der Waals surface area contributed by atoms with Crippen molar-refractivity contribution in [3.8, 4) is 6.07 Å². The van der Waals surface area contributed by atoms with Crippen LogP contribution in [0.3, 0.4) is 0 Å².